The van der Waals surface area contributed by atoms with Gasteiger partial charge in [-0.15, -0.1) is 9.10 Å². The van der Waals surface area contributed by atoms with Crippen molar-refractivity contribution in [1.82, 2.24) is 9.77 Å². The van der Waals surface area contributed by atoms with Gasteiger partial charge in [0.05, 0.1) is 11.9 Å². The number of benzene rings is 2. The average Bonchev–Trinajstić information content (AvgIpc) is 3.04. The molecule has 0 unspecified atom stereocenters. The van der Waals surface area contributed by atoms with Gasteiger partial charge in [0, 0.05) is 0 Å². The molecule has 0 saturated heterocycles. The van der Waals surface area contributed by atoms with Crippen molar-refractivity contribution >= 4 is 10.0 Å². The van der Waals surface area contributed by atoms with Gasteiger partial charge in [0.1, 0.15) is 6.54 Å². The molecule has 2 aromatic carbocycles. The second kappa shape index (κ2) is 7.96. The smallest absolute Gasteiger partial charge is 0.292 e. The number of sulfonamides is 1. The quantitative estimate of drug-likeness (QED) is 0.337. The summed E-state index contributed by atoms with van der Waals surface area (Å²) in [5, 5.41) is 4.23. The molecule has 0 spiro atoms. The van der Waals surface area contributed by atoms with Crippen LogP contribution in [0.2, 0.25) is 0 Å². The monoisotopic (exact) mass is 470 g/mol. The van der Waals surface area contributed by atoms with Crippen LogP contribution < -0.4 is 33.1 Å². The van der Waals surface area contributed by atoms with Gasteiger partial charge in [-0.3, -0.25) is 0 Å². The van der Waals surface area contributed by atoms with Gasteiger partial charge >= 0.3 is 0 Å². The molecule has 0 radical (unpaired) electrons. The Morgan fingerprint density at radius 1 is 1.08 bits per heavy atom. The topological polar surface area (TPSA) is 59.1 Å². The van der Waals surface area contributed by atoms with E-state index in [2.05, 4.69) is 5.10 Å². The van der Waals surface area contributed by atoms with Gasteiger partial charge < -0.3 is 24.0 Å². The summed E-state index contributed by atoms with van der Waals surface area (Å²) in [5.41, 5.74) is 2.11. The SMILES string of the molecule is Cc1ccc(S(=O)(=O)N(C)n2cn[n+](Cc3ccccc3)c2)cc1.[I-]. The van der Waals surface area contributed by atoms with Crippen molar-refractivity contribution < 1.29 is 37.1 Å². The molecule has 25 heavy (non-hydrogen) atoms. The minimum atomic E-state index is -3.63. The van der Waals surface area contributed by atoms with E-state index >= 15 is 0 Å². The third-order valence-electron chi connectivity index (χ3n) is 3.75. The minimum absolute atomic E-state index is 0. The Bertz CT molecular complexity index is 925. The molecule has 1 heterocycles. The first-order valence-electron chi connectivity index (χ1n) is 7.50. The molecule has 3 rings (SSSR count). The van der Waals surface area contributed by atoms with Crippen molar-refractivity contribution in [3.63, 3.8) is 0 Å². The number of aryl methyl sites for hydroxylation is 1. The normalized spacial score (nSPS) is 11.0. The standard InChI is InChI=1S/C17H19N4O2S.HI/c1-15-8-10-17(11-9-15)24(22,23)19(2)21-13-18-20(14-21)12-16-6-4-3-5-7-16;/h3-11,13-14H,12H2,1-2H3;1H/q+1;/p-1. The summed E-state index contributed by atoms with van der Waals surface area (Å²) >= 11 is 0. The first-order chi connectivity index (χ1) is 11.5. The molecular formula is C17H19IN4O2S. The first kappa shape index (κ1) is 19.4. The highest BCUT2D eigenvalue weighted by Gasteiger charge is 2.25. The molecule has 132 valence electrons. The van der Waals surface area contributed by atoms with Gasteiger partial charge in [-0.05, 0) is 29.7 Å². The fourth-order valence-corrected chi connectivity index (χ4v) is 3.42. The molecule has 0 aliphatic heterocycles. The van der Waals surface area contributed by atoms with Crippen LogP contribution in [0.4, 0.5) is 0 Å². The zero-order valence-corrected chi connectivity index (χ0v) is 16.9. The highest BCUT2D eigenvalue weighted by atomic mass is 127. The Labute approximate surface area is 164 Å². The Hall–Kier alpha value is -1.94. The average molecular weight is 470 g/mol. The number of aromatic nitrogens is 3. The van der Waals surface area contributed by atoms with Gasteiger partial charge in [0.15, 0.2) is 0 Å². The summed E-state index contributed by atoms with van der Waals surface area (Å²) in [6.45, 7) is 2.49. The van der Waals surface area contributed by atoms with Gasteiger partial charge in [-0.2, -0.15) is 8.42 Å². The Morgan fingerprint density at radius 2 is 1.72 bits per heavy atom. The molecular weight excluding hydrogens is 451 g/mol. The van der Waals surface area contributed by atoms with Gasteiger partial charge in [0.2, 0.25) is 6.33 Å². The van der Waals surface area contributed by atoms with Crippen LogP contribution in [0.1, 0.15) is 11.1 Å². The van der Waals surface area contributed by atoms with Crippen molar-refractivity contribution in [3.05, 3.63) is 78.4 Å². The van der Waals surface area contributed by atoms with Crippen molar-refractivity contribution in [2.75, 3.05) is 11.5 Å². The fourth-order valence-electron chi connectivity index (χ4n) is 2.30. The minimum Gasteiger partial charge on any atom is -1.00 e. The highest BCUT2D eigenvalue weighted by Crippen LogP contribution is 2.14. The van der Waals surface area contributed by atoms with Gasteiger partial charge in [-0.25, -0.2) is 0 Å². The molecule has 0 aliphatic carbocycles. The predicted octanol–water partition coefficient (Wildman–Crippen LogP) is -1.51. The van der Waals surface area contributed by atoms with E-state index in [0.717, 1.165) is 11.1 Å². The molecule has 0 atom stereocenters. The molecule has 0 aliphatic rings. The lowest BCUT2D eigenvalue weighted by molar-refractivity contribution is -0.744. The van der Waals surface area contributed by atoms with E-state index in [9.17, 15) is 8.42 Å². The van der Waals surface area contributed by atoms with Gasteiger partial charge in [0.25, 0.3) is 16.4 Å². The van der Waals surface area contributed by atoms with Crippen LogP contribution >= 0.6 is 0 Å². The Kier molecular flexibility index (Phi) is 6.17. The Balaban J connectivity index is 0.00000225. The number of rotatable bonds is 5. The van der Waals surface area contributed by atoms with E-state index in [1.54, 1.807) is 35.3 Å². The molecule has 0 amide bonds. The summed E-state index contributed by atoms with van der Waals surface area (Å²) in [6, 6.07) is 16.6. The van der Waals surface area contributed by atoms with E-state index in [-0.39, 0.29) is 28.9 Å². The largest absolute Gasteiger partial charge is 1.00 e. The second-order valence-corrected chi connectivity index (χ2v) is 7.51. The maximum absolute atomic E-state index is 12.7. The van der Waals surface area contributed by atoms with Crippen molar-refractivity contribution in [3.8, 4) is 0 Å². The first-order valence-corrected chi connectivity index (χ1v) is 8.94. The molecule has 1 aromatic heterocycles. The van der Waals surface area contributed by atoms with Crippen LogP contribution in [0.5, 0.6) is 0 Å². The highest BCUT2D eigenvalue weighted by molar-refractivity contribution is 7.92. The molecule has 0 saturated carbocycles. The van der Waals surface area contributed by atoms with Crippen LogP contribution in [-0.4, -0.2) is 25.2 Å². The Morgan fingerprint density at radius 3 is 2.36 bits per heavy atom. The molecule has 8 heteroatoms. The third kappa shape index (κ3) is 4.37. The van der Waals surface area contributed by atoms with E-state index in [4.69, 9.17) is 0 Å². The lowest BCUT2D eigenvalue weighted by Gasteiger charge is -2.14. The summed E-state index contributed by atoms with van der Waals surface area (Å²) in [6.07, 6.45) is 3.13. The zero-order valence-electron chi connectivity index (χ0n) is 13.9. The lowest BCUT2D eigenvalue weighted by Crippen LogP contribution is -3.00. The molecule has 0 bridgehead atoms. The number of halogens is 1. The predicted molar refractivity (Wildman–Crippen MR) is 90.5 cm³/mol. The third-order valence-corrected chi connectivity index (χ3v) is 5.50. The van der Waals surface area contributed by atoms with Crippen LogP contribution in [0.15, 0.2) is 72.1 Å². The second-order valence-electron chi connectivity index (χ2n) is 5.56. The number of hydrogen-bond donors (Lipinski definition) is 0. The lowest BCUT2D eigenvalue weighted by atomic mass is 10.2. The number of nitrogens with zero attached hydrogens (tertiary/aromatic N) is 4. The molecule has 3 aromatic rings. The van der Waals surface area contributed by atoms with Crippen molar-refractivity contribution in [2.24, 2.45) is 0 Å². The van der Waals surface area contributed by atoms with Crippen LogP contribution in [-0.2, 0) is 16.6 Å². The summed E-state index contributed by atoms with van der Waals surface area (Å²) in [7, 11) is -2.12. The summed E-state index contributed by atoms with van der Waals surface area (Å²) < 4.78 is 29.7. The van der Waals surface area contributed by atoms with E-state index in [0.29, 0.717) is 6.54 Å². The van der Waals surface area contributed by atoms with E-state index in [1.165, 1.54) is 22.5 Å². The van der Waals surface area contributed by atoms with Crippen molar-refractivity contribution in [2.45, 2.75) is 18.4 Å². The number of hydrogen-bond acceptors (Lipinski definition) is 3. The summed E-state index contributed by atoms with van der Waals surface area (Å²) in [4.78, 5) is 0.249. The molecule has 6 nitrogen and oxygen atoms in total. The van der Waals surface area contributed by atoms with Crippen LogP contribution in [0.25, 0.3) is 0 Å². The van der Waals surface area contributed by atoms with Crippen molar-refractivity contribution in [1.29, 1.82) is 0 Å². The van der Waals surface area contributed by atoms with Crippen LogP contribution in [0, 0.1) is 6.92 Å². The maximum atomic E-state index is 12.7. The van der Waals surface area contributed by atoms with Crippen LogP contribution in [0.3, 0.4) is 0 Å². The summed E-state index contributed by atoms with van der Waals surface area (Å²) in [5.74, 6) is 0. The zero-order chi connectivity index (χ0) is 17.2. The maximum Gasteiger partial charge on any atom is 0.292 e. The van der Waals surface area contributed by atoms with E-state index < -0.39 is 10.0 Å². The molecule has 0 N–H and O–H groups in total. The fraction of sp³-hybridized carbons (Fsp3) is 0.176. The van der Waals surface area contributed by atoms with Gasteiger partial charge in [-0.1, -0.05) is 52.7 Å². The van der Waals surface area contributed by atoms with E-state index in [1.807, 2.05) is 37.3 Å². The molecule has 0 fully saturated rings.